The van der Waals surface area contributed by atoms with Crippen LogP contribution in [-0.4, -0.2) is 41.0 Å². The van der Waals surface area contributed by atoms with E-state index in [0.29, 0.717) is 0 Å². The molecular formula is C11H15ClN2O4. The predicted octanol–water partition coefficient (Wildman–Crippen LogP) is 0.234. The topological polar surface area (TPSA) is 116 Å². The summed E-state index contributed by atoms with van der Waals surface area (Å²) in [5.74, 6) is -1.24. The van der Waals surface area contributed by atoms with Gasteiger partial charge >= 0.3 is 5.97 Å². The van der Waals surface area contributed by atoms with E-state index in [1.807, 2.05) is 0 Å². The molecule has 2 atom stereocenters. The molecule has 0 bridgehead atoms. The van der Waals surface area contributed by atoms with Crippen LogP contribution in [-0.2, 0) is 0 Å². The van der Waals surface area contributed by atoms with Gasteiger partial charge in [0.2, 0.25) is 0 Å². The Hall–Kier alpha value is -1.34. The molecule has 6 N–H and O–H groups in total. The van der Waals surface area contributed by atoms with E-state index in [1.165, 1.54) is 12.1 Å². The zero-order chi connectivity index (χ0) is 13.9. The molecule has 1 aromatic carbocycles. The van der Waals surface area contributed by atoms with Gasteiger partial charge in [-0.1, -0.05) is 11.6 Å². The summed E-state index contributed by atoms with van der Waals surface area (Å²) < 4.78 is 0. The average Bonchev–Trinajstić information content (AvgIpc) is 2.30. The zero-order valence-corrected chi connectivity index (χ0v) is 10.5. The van der Waals surface area contributed by atoms with Crippen LogP contribution in [0.4, 0.5) is 5.69 Å². The van der Waals surface area contributed by atoms with Crippen molar-refractivity contribution < 1.29 is 20.1 Å². The van der Waals surface area contributed by atoms with E-state index in [0.717, 1.165) is 0 Å². The van der Waals surface area contributed by atoms with Gasteiger partial charge in [0.25, 0.3) is 0 Å². The number of benzene rings is 1. The van der Waals surface area contributed by atoms with Gasteiger partial charge < -0.3 is 26.4 Å². The molecule has 0 heterocycles. The van der Waals surface area contributed by atoms with Crippen molar-refractivity contribution in [2.75, 3.05) is 19.3 Å². The number of likely N-dealkylation sites (N-methyl/N-ethyl adjacent to an activating group) is 1. The number of hydrogen-bond donors (Lipinski definition) is 5. The molecule has 0 saturated heterocycles. The summed E-state index contributed by atoms with van der Waals surface area (Å²) in [4.78, 5) is 10.9. The largest absolute Gasteiger partial charge is 0.478 e. The number of anilines is 1. The molecule has 1 aromatic rings. The Morgan fingerprint density at radius 3 is 2.61 bits per heavy atom. The first-order chi connectivity index (χ1) is 8.38. The van der Waals surface area contributed by atoms with E-state index in [4.69, 9.17) is 22.4 Å². The van der Waals surface area contributed by atoms with E-state index in [9.17, 15) is 15.0 Å². The highest BCUT2D eigenvalue weighted by atomic mass is 35.5. The minimum absolute atomic E-state index is 0.0997. The number of halogens is 1. The molecule has 0 fully saturated rings. The minimum Gasteiger partial charge on any atom is -0.478 e. The van der Waals surface area contributed by atoms with E-state index >= 15 is 0 Å². The molecule has 100 valence electrons. The third-order valence-corrected chi connectivity index (χ3v) is 2.72. The van der Waals surface area contributed by atoms with Crippen molar-refractivity contribution in [3.8, 4) is 0 Å². The molecule has 0 aliphatic rings. The molecule has 2 unspecified atom stereocenters. The van der Waals surface area contributed by atoms with Crippen LogP contribution >= 0.6 is 11.6 Å². The van der Waals surface area contributed by atoms with Crippen LogP contribution in [0.1, 0.15) is 22.0 Å². The van der Waals surface area contributed by atoms with Gasteiger partial charge in [-0.25, -0.2) is 4.79 Å². The van der Waals surface area contributed by atoms with Gasteiger partial charge in [-0.2, -0.15) is 0 Å². The van der Waals surface area contributed by atoms with Crippen LogP contribution in [0.2, 0.25) is 5.02 Å². The van der Waals surface area contributed by atoms with Crippen molar-refractivity contribution in [1.29, 1.82) is 0 Å². The van der Waals surface area contributed by atoms with E-state index in [-0.39, 0.29) is 28.4 Å². The maximum Gasteiger partial charge on any atom is 0.337 e. The molecule has 0 amide bonds. The van der Waals surface area contributed by atoms with Crippen LogP contribution in [0.5, 0.6) is 0 Å². The number of carbonyl (C=O) groups is 1. The van der Waals surface area contributed by atoms with Crippen LogP contribution in [0, 0.1) is 0 Å². The van der Waals surface area contributed by atoms with Crippen molar-refractivity contribution in [1.82, 2.24) is 5.32 Å². The molecule has 0 saturated carbocycles. The lowest BCUT2D eigenvalue weighted by Gasteiger charge is -2.20. The molecule has 0 aliphatic heterocycles. The van der Waals surface area contributed by atoms with Gasteiger partial charge in [0.1, 0.15) is 6.10 Å². The first kappa shape index (κ1) is 14.7. The first-order valence-corrected chi connectivity index (χ1v) is 5.59. The van der Waals surface area contributed by atoms with Crippen molar-refractivity contribution >= 4 is 23.3 Å². The summed E-state index contributed by atoms with van der Waals surface area (Å²) >= 11 is 5.76. The molecule has 7 heteroatoms. The second-order valence-electron chi connectivity index (χ2n) is 3.83. The lowest BCUT2D eigenvalue weighted by Crippen LogP contribution is -2.30. The maximum atomic E-state index is 10.9. The quantitative estimate of drug-likeness (QED) is 0.491. The Bertz CT molecular complexity index is 453. The summed E-state index contributed by atoms with van der Waals surface area (Å²) in [6, 6.07) is 2.53. The highest BCUT2D eigenvalue weighted by Crippen LogP contribution is 2.30. The number of nitrogens with two attached hydrogens (primary N) is 1. The monoisotopic (exact) mass is 274 g/mol. The minimum atomic E-state index is -1.31. The van der Waals surface area contributed by atoms with Gasteiger partial charge in [-0.3, -0.25) is 0 Å². The number of nitrogens with one attached hydrogen (secondary N) is 1. The molecule has 18 heavy (non-hydrogen) atoms. The van der Waals surface area contributed by atoms with E-state index in [1.54, 1.807) is 7.05 Å². The number of carboxylic acids is 1. The van der Waals surface area contributed by atoms with Gasteiger partial charge in [-0.15, -0.1) is 0 Å². The molecule has 0 aromatic heterocycles. The lowest BCUT2D eigenvalue weighted by atomic mass is 9.99. The third-order valence-electron chi connectivity index (χ3n) is 2.50. The van der Waals surface area contributed by atoms with Crippen LogP contribution in [0.15, 0.2) is 12.1 Å². The number of rotatable bonds is 5. The van der Waals surface area contributed by atoms with Crippen molar-refractivity contribution in [3.63, 3.8) is 0 Å². The van der Waals surface area contributed by atoms with Crippen molar-refractivity contribution in [3.05, 3.63) is 28.3 Å². The SMILES string of the molecule is CNCC(O)C(O)c1cc(Cl)cc(C(=O)O)c1N. The van der Waals surface area contributed by atoms with E-state index in [2.05, 4.69) is 5.32 Å². The van der Waals surface area contributed by atoms with Gasteiger partial charge in [0.05, 0.1) is 17.4 Å². The van der Waals surface area contributed by atoms with Gasteiger partial charge in [0, 0.05) is 17.1 Å². The Labute approximate surface area is 109 Å². The summed E-state index contributed by atoms with van der Waals surface area (Å²) in [6.07, 6.45) is -2.42. The fraction of sp³-hybridized carbons (Fsp3) is 0.364. The maximum absolute atomic E-state index is 10.9. The second kappa shape index (κ2) is 6.01. The highest BCUT2D eigenvalue weighted by Gasteiger charge is 2.23. The number of hydrogen-bond acceptors (Lipinski definition) is 5. The zero-order valence-electron chi connectivity index (χ0n) is 9.72. The van der Waals surface area contributed by atoms with Crippen LogP contribution in [0.25, 0.3) is 0 Å². The van der Waals surface area contributed by atoms with Gasteiger partial charge in [-0.05, 0) is 19.2 Å². The first-order valence-electron chi connectivity index (χ1n) is 5.21. The number of carboxylic acid groups (broad SMARTS) is 1. The average molecular weight is 275 g/mol. The molecule has 1 rings (SSSR count). The second-order valence-corrected chi connectivity index (χ2v) is 4.27. The van der Waals surface area contributed by atoms with Crippen molar-refractivity contribution in [2.45, 2.75) is 12.2 Å². The lowest BCUT2D eigenvalue weighted by molar-refractivity contribution is 0.0206. The fourth-order valence-corrected chi connectivity index (χ4v) is 1.82. The molecule has 0 radical (unpaired) electrons. The fourth-order valence-electron chi connectivity index (χ4n) is 1.59. The number of aromatic carboxylic acids is 1. The number of nitrogen functional groups attached to an aromatic ring is 1. The molecule has 0 aliphatic carbocycles. The Kier molecular flexibility index (Phi) is 4.92. The Balaban J connectivity index is 3.19. The summed E-state index contributed by atoms with van der Waals surface area (Å²) in [6.45, 7) is 0.134. The van der Waals surface area contributed by atoms with Crippen LogP contribution in [0.3, 0.4) is 0 Å². The third kappa shape index (κ3) is 3.11. The molecule has 0 spiro atoms. The summed E-state index contributed by atoms with van der Waals surface area (Å²) in [7, 11) is 1.61. The molecule has 6 nitrogen and oxygen atoms in total. The number of aliphatic hydroxyl groups excluding tert-OH is 2. The highest BCUT2D eigenvalue weighted by molar-refractivity contribution is 6.31. The normalized spacial score (nSPS) is 14.2. The Morgan fingerprint density at radius 2 is 2.11 bits per heavy atom. The van der Waals surface area contributed by atoms with E-state index < -0.39 is 18.2 Å². The van der Waals surface area contributed by atoms with Gasteiger partial charge in [0.15, 0.2) is 0 Å². The number of aliphatic hydroxyl groups is 2. The standard InChI is InChI=1S/C11H15ClN2O4/c1-14-4-8(15)10(16)6-2-5(12)3-7(9(6)13)11(17)18/h2-3,8,10,14-16H,4,13H2,1H3,(H,17,18). The smallest absolute Gasteiger partial charge is 0.337 e. The molecular weight excluding hydrogens is 260 g/mol. The predicted molar refractivity (Wildman–Crippen MR) is 67.7 cm³/mol. The van der Waals surface area contributed by atoms with Crippen molar-refractivity contribution in [2.24, 2.45) is 0 Å². The summed E-state index contributed by atoms with van der Waals surface area (Å²) in [5.41, 5.74) is 5.45. The van der Waals surface area contributed by atoms with Crippen LogP contribution < -0.4 is 11.1 Å². The Morgan fingerprint density at radius 1 is 1.50 bits per heavy atom. The summed E-state index contributed by atoms with van der Waals surface area (Å²) in [5, 5.41) is 31.3.